The molecule has 0 aliphatic carbocycles. The molecule has 22 heteroatoms. The third kappa shape index (κ3) is 43.2. The number of rotatable bonds is 36. The Morgan fingerprint density at radius 3 is 1.31 bits per heavy atom. The molecule has 0 fully saturated rings. The van der Waals surface area contributed by atoms with Crippen molar-refractivity contribution in [2.24, 2.45) is 0 Å². The first-order valence-electron chi connectivity index (χ1n) is 40.2. The van der Waals surface area contributed by atoms with E-state index in [1.807, 2.05) is 171 Å². The zero-order chi connectivity index (χ0) is 79.0. The number of thiazole rings is 1. The van der Waals surface area contributed by atoms with Gasteiger partial charge in [-0.15, -0.1) is 11.3 Å². The van der Waals surface area contributed by atoms with Gasteiger partial charge in [-0.25, -0.2) is 39.9 Å². The number of imidazole rings is 8. The van der Waals surface area contributed by atoms with E-state index in [2.05, 4.69) is 126 Å². The summed E-state index contributed by atoms with van der Waals surface area (Å²) < 4.78 is 8.09. The Morgan fingerprint density at radius 1 is 0.427 bits per heavy atom. The molecule has 0 saturated heterocycles. The number of nitriles is 3. The van der Waals surface area contributed by atoms with Crippen LogP contribution >= 0.6 is 23.6 Å². The normalized spacial score (nSPS) is 10.2. The van der Waals surface area contributed by atoms with E-state index in [-0.39, 0.29) is 0 Å². The lowest BCUT2D eigenvalue weighted by molar-refractivity contribution is 0.531. The molecule has 0 amide bonds. The first-order valence-corrected chi connectivity index (χ1v) is 41.4. The summed E-state index contributed by atoms with van der Waals surface area (Å²) in [5.41, 5.74) is 5.52. The predicted octanol–water partition coefficient (Wildman–Crippen LogP) is 23.6. The van der Waals surface area contributed by atoms with Crippen molar-refractivity contribution < 1.29 is 0 Å². The van der Waals surface area contributed by atoms with Gasteiger partial charge in [-0.3, -0.25) is 0 Å². The Bertz CT molecular complexity index is 4200. The number of unbranched alkanes of at least 4 members (excludes halogenated alkanes) is 22. The number of H-pyrrole nitrogens is 6. The van der Waals surface area contributed by atoms with E-state index in [4.69, 9.17) is 28.0 Å². The van der Waals surface area contributed by atoms with Crippen LogP contribution in [0, 0.1) is 65.6 Å². The quantitative estimate of drug-likeness (QED) is 0.0158. The van der Waals surface area contributed by atoms with Crippen LogP contribution in [0.5, 0.6) is 0 Å². The minimum Gasteiger partial charge on any atom is -0.349 e. The van der Waals surface area contributed by atoms with Crippen molar-refractivity contribution >= 4 is 33.8 Å². The average Bonchev–Trinajstić information content (AvgIpc) is 1.70. The van der Waals surface area contributed by atoms with Crippen molar-refractivity contribution in [2.45, 2.75) is 274 Å². The topological polar surface area (TPSA) is 284 Å². The van der Waals surface area contributed by atoms with Gasteiger partial charge in [-0.05, 0) is 64.9 Å². The summed E-state index contributed by atoms with van der Waals surface area (Å²) in [6, 6.07) is 34.5. The standard InChI is InChI=1S/C20H38N2.C14H26N2.C12H11N3.C9H13N3.C9H8N2.C7H9N3.C7H5NS2.C6H10N2.C4H6N2/c1-2-3-4-5-6-7-8-9-10-11-12-13-14-15-16-17-20-21-18-19-22-20;1-2-3-4-5-6-7-8-9-10-11-14-15-12-13-16-14;13-7-4-9-15-10-8-14-12(15)11-5-2-1-3-6-11;1-3-9-11-8(2)7-12(9)6-4-5-10;1-2-4-8(5-3-1)9-10-6-7-11-9;1-7-9-4-6-10(7)5-2-3-8;9-7-8-5-3-1-2-4-6(5)10-7;1-3-6-7-4-5(2)8-6;1-4-5-2-3-6-4/h18-19H,2-17H2,1H3,(H,21,22);12-13H,2-11H2,1H3,(H,15,16);1-3,5-6,8,10H,4,9H2;7H,3-4,6H2,1-2H3;1-7H,(H,10,11);4,6H,2,5H2,1H3;1-4H,(H,8,9);4H,3H2,1-2H3,(H,7,8);2-3H,1H3,(H,5,6). The SMILES string of the molecule is CCCCCCCCCCCCCCCCCc1ncc[nH]1.CCCCCCCCCCCc1ncc[nH]1.CCc1nc(C)cn1CCC#N.CCc1ncc(C)[nH]1.Cc1ncc[nH]1.Cc1nccn1CCC#N.N#CCCn1ccnc1-c1ccccc1.S=c1[nH]c2ccccc2s1.c1ccc(-c2ncc[nH]2)cc1. The number of aryl methyl sites for hydroxylation is 11. The fraction of sp³-hybridized carbons (Fsp3) is 0.477. The van der Waals surface area contributed by atoms with Crippen molar-refractivity contribution in [1.29, 1.82) is 15.8 Å². The van der Waals surface area contributed by atoms with Crippen molar-refractivity contribution in [3.63, 3.8) is 0 Å². The molecule has 0 aliphatic heterocycles. The Balaban J connectivity index is 0.000000266. The number of benzene rings is 3. The summed E-state index contributed by atoms with van der Waals surface area (Å²) in [6.07, 6.45) is 65.4. The van der Waals surface area contributed by atoms with Crippen molar-refractivity contribution in [3.05, 3.63) is 222 Å². The lowest BCUT2D eigenvalue weighted by atomic mass is 10.0. The molecule has 0 bridgehead atoms. The van der Waals surface area contributed by atoms with Crippen molar-refractivity contribution in [2.75, 3.05) is 0 Å². The first-order chi connectivity index (χ1) is 53.9. The van der Waals surface area contributed by atoms with Gasteiger partial charge in [0.2, 0.25) is 0 Å². The Morgan fingerprint density at radius 2 is 0.891 bits per heavy atom. The second-order valence-electron chi connectivity index (χ2n) is 26.8. The molecule has 0 spiro atoms. The maximum atomic E-state index is 8.54. The highest BCUT2D eigenvalue weighted by Gasteiger charge is 2.06. The van der Waals surface area contributed by atoms with Crippen LogP contribution in [0.1, 0.15) is 247 Å². The summed E-state index contributed by atoms with van der Waals surface area (Å²) in [5, 5.41) is 25.2. The fourth-order valence-electron chi connectivity index (χ4n) is 11.6. The molecular formula is C88H126N20S2. The summed E-state index contributed by atoms with van der Waals surface area (Å²) >= 11 is 6.59. The zero-order valence-electron chi connectivity index (χ0n) is 67.3. The third-order valence-corrected chi connectivity index (χ3v) is 18.8. The predicted molar refractivity (Wildman–Crippen MR) is 455 cm³/mol. The van der Waals surface area contributed by atoms with Crippen LogP contribution in [0.4, 0.5) is 0 Å². The molecule has 12 aromatic rings. The third-order valence-electron chi connectivity index (χ3n) is 17.6. The average molecular weight is 1530 g/mol. The smallest absolute Gasteiger partial charge is 0.159 e. The number of para-hydroxylation sites is 1. The summed E-state index contributed by atoms with van der Waals surface area (Å²) in [6.45, 7) is 18.8. The number of nitrogens with zero attached hydrogens (tertiary/aromatic N) is 14. The molecule has 20 nitrogen and oxygen atoms in total. The Kier molecular flexibility index (Phi) is 51.8. The highest BCUT2D eigenvalue weighted by molar-refractivity contribution is 7.73. The molecule has 12 rings (SSSR count). The van der Waals surface area contributed by atoms with Gasteiger partial charge in [-0.2, -0.15) is 15.8 Å². The minimum atomic E-state index is 0.510. The number of fused-ring (bicyclic) bond motifs is 1. The number of hydrogen-bond acceptors (Lipinski definition) is 13. The Hall–Kier alpha value is -10.1. The van der Waals surface area contributed by atoms with E-state index in [0.29, 0.717) is 25.8 Å². The molecule has 0 radical (unpaired) electrons. The molecule has 9 aromatic heterocycles. The molecule has 0 atom stereocenters. The van der Waals surface area contributed by atoms with Gasteiger partial charge in [0, 0.05) is 149 Å². The number of aromatic amines is 6. The summed E-state index contributed by atoms with van der Waals surface area (Å²) in [7, 11) is 0. The van der Waals surface area contributed by atoms with Gasteiger partial charge < -0.3 is 43.6 Å². The second kappa shape index (κ2) is 61.8. The fourth-order valence-corrected chi connectivity index (χ4v) is 12.7. The molecule has 3 aromatic carbocycles. The number of hydrogen-bond donors (Lipinski definition) is 6. The monoisotopic (exact) mass is 1530 g/mol. The van der Waals surface area contributed by atoms with Crippen LogP contribution in [-0.4, -0.2) is 83.5 Å². The van der Waals surface area contributed by atoms with E-state index in [9.17, 15) is 0 Å². The summed E-state index contributed by atoms with van der Waals surface area (Å²) in [4.78, 5) is 51.7. The molecule has 590 valence electrons. The van der Waals surface area contributed by atoms with Crippen LogP contribution in [0.25, 0.3) is 33.0 Å². The molecule has 0 saturated carbocycles. The highest BCUT2D eigenvalue weighted by Crippen LogP contribution is 2.20. The van der Waals surface area contributed by atoms with Gasteiger partial charge in [-0.1, -0.05) is 242 Å². The maximum absolute atomic E-state index is 8.54. The maximum Gasteiger partial charge on any atom is 0.159 e. The minimum absolute atomic E-state index is 0.510. The molecule has 110 heavy (non-hydrogen) atoms. The Labute approximate surface area is 666 Å². The van der Waals surface area contributed by atoms with Gasteiger partial charge in [0.1, 0.15) is 46.6 Å². The van der Waals surface area contributed by atoms with Gasteiger partial charge in [0.15, 0.2) is 3.95 Å². The number of aromatic nitrogens is 17. The largest absolute Gasteiger partial charge is 0.349 e. The highest BCUT2D eigenvalue weighted by atomic mass is 32.1. The van der Waals surface area contributed by atoms with Crippen LogP contribution in [-0.2, 0) is 45.3 Å². The van der Waals surface area contributed by atoms with Gasteiger partial charge >= 0.3 is 0 Å². The van der Waals surface area contributed by atoms with Crippen molar-refractivity contribution in [1.82, 2.24) is 83.5 Å². The molecular weight excluding hydrogens is 1400 g/mol. The molecule has 6 N–H and O–H groups in total. The van der Waals surface area contributed by atoms with Crippen LogP contribution in [0.3, 0.4) is 0 Å². The van der Waals surface area contributed by atoms with Crippen LogP contribution in [0.15, 0.2) is 172 Å². The lowest BCUT2D eigenvalue weighted by Crippen LogP contribution is -2.00. The van der Waals surface area contributed by atoms with Crippen molar-refractivity contribution in [3.8, 4) is 41.0 Å². The first kappa shape index (κ1) is 92.3. The second-order valence-corrected chi connectivity index (χ2v) is 28.5. The number of nitrogens with one attached hydrogen (secondary N) is 6. The van der Waals surface area contributed by atoms with Gasteiger partial charge in [0.25, 0.3) is 0 Å². The molecule has 0 aliphatic rings. The molecule has 9 heterocycles. The van der Waals surface area contributed by atoms with E-state index in [0.717, 1.165) is 117 Å². The van der Waals surface area contributed by atoms with Gasteiger partial charge in [0.05, 0.1) is 53.4 Å². The van der Waals surface area contributed by atoms with E-state index in [1.165, 1.54) is 159 Å². The van der Waals surface area contributed by atoms with E-state index in [1.54, 1.807) is 42.3 Å². The lowest BCUT2D eigenvalue weighted by Gasteiger charge is -2.04. The summed E-state index contributed by atoms with van der Waals surface area (Å²) in [5.74, 6) is 8.21. The van der Waals surface area contributed by atoms with E-state index < -0.39 is 0 Å². The molecule has 0 unspecified atom stereocenters. The van der Waals surface area contributed by atoms with Crippen LogP contribution in [0.2, 0.25) is 0 Å². The zero-order valence-corrected chi connectivity index (χ0v) is 68.9. The van der Waals surface area contributed by atoms with E-state index >= 15 is 0 Å². The van der Waals surface area contributed by atoms with Crippen LogP contribution < -0.4 is 0 Å².